The van der Waals surface area contributed by atoms with Crippen LogP contribution >= 0.6 is 0 Å². The quantitative estimate of drug-likeness (QED) is 0.262. The van der Waals surface area contributed by atoms with Crippen LogP contribution in [0.2, 0.25) is 0 Å². The molecule has 0 saturated carbocycles. The van der Waals surface area contributed by atoms with E-state index < -0.39 is 59.6 Å². The van der Waals surface area contributed by atoms with Gasteiger partial charge in [0.05, 0.1) is 12.1 Å². The van der Waals surface area contributed by atoms with E-state index >= 15 is 0 Å². The molecule has 1 saturated heterocycles. The van der Waals surface area contributed by atoms with E-state index in [1.807, 2.05) is 12.1 Å². The molecular formula is C32H42N4O8. The standard InChI is InChI=1S/C32H42N4O8/c1-32(2,3)44-30(41)25-15-10-18-36(25)29(40)27(38)24(19-21-11-6-4-7-12-21)34-28(39)23(33)16-17-26(37)35-31(42)43-20-22-13-8-5-9-14-22/h4-9,11-14,23-25,27,38H,10,15-20,33H2,1-3H3,(H,34,39)(H,35,37,42)/t23-,24?,25-,27?/m0/s1. The fourth-order valence-electron chi connectivity index (χ4n) is 4.74. The summed E-state index contributed by atoms with van der Waals surface area (Å²) in [6, 6.07) is 14.8. The van der Waals surface area contributed by atoms with Gasteiger partial charge in [0.25, 0.3) is 5.91 Å². The molecule has 2 aromatic carbocycles. The van der Waals surface area contributed by atoms with Crippen molar-refractivity contribution in [2.45, 2.75) is 89.3 Å². The molecule has 238 valence electrons. The number of rotatable bonds is 12. The van der Waals surface area contributed by atoms with Crippen LogP contribution in [0, 0.1) is 0 Å². The number of nitrogens with zero attached hydrogens (tertiary/aromatic N) is 1. The van der Waals surface area contributed by atoms with Crippen molar-refractivity contribution in [1.29, 1.82) is 0 Å². The van der Waals surface area contributed by atoms with Gasteiger partial charge in [0.2, 0.25) is 11.8 Å². The maximum absolute atomic E-state index is 13.5. The van der Waals surface area contributed by atoms with E-state index in [2.05, 4.69) is 10.6 Å². The minimum atomic E-state index is -1.68. The zero-order valence-electron chi connectivity index (χ0n) is 25.4. The lowest BCUT2D eigenvalue weighted by atomic mass is 9.99. The molecule has 1 aliphatic heterocycles. The summed E-state index contributed by atoms with van der Waals surface area (Å²) in [5.74, 6) is -2.63. The molecular weight excluding hydrogens is 568 g/mol. The number of nitrogens with two attached hydrogens (primary N) is 1. The van der Waals surface area contributed by atoms with Gasteiger partial charge < -0.3 is 30.5 Å². The lowest BCUT2D eigenvalue weighted by Gasteiger charge is -2.31. The number of carbonyl (C=O) groups is 5. The van der Waals surface area contributed by atoms with Crippen molar-refractivity contribution in [3.8, 4) is 0 Å². The van der Waals surface area contributed by atoms with Gasteiger partial charge in [0, 0.05) is 13.0 Å². The first-order valence-corrected chi connectivity index (χ1v) is 14.7. The molecule has 0 radical (unpaired) electrons. The summed E-state index contributed by atoms with van der Waals surface area (Å²) >= 11 is 0. The van der Waals surface area contributed by atoms with Crippen LogP contribution in [-0.4, -0.2) is 76.2 Å². The van der Waals surface area contributed by atoms with Gasteiger partial charge >= 0.3 is 12.1 Å². The van der Waals surface area contributed by atoms with Gasteiger partial charge in [0.1, 0.15) is 18.2 Å². The second-order valence-corrected chi connectivity index (χ2v) is 11.7. The highest BCUT2D eigenvalue weighted by Gasteiger charge is 2.41. The third-order valence-corrected chi connectivity index (χ3v) is 6.95. The predicted octanol–water partition coefficient (Wildman–Crippen LogP) is 1.97. The molecule has 0 aliphatic carbocycles. The van der Waals surface area contributed by atoms with E-state index in [-0.39, 0.29) is 32.4 Å². The first-order chi connectivity index (χ1) is 20.8. The first kappa shape index (κ1) is 34.2. The van der Waals surface area contributed by atoms with Gasteiger partial charge in [-0.2, -0.15) is 0 Å². The Balaban J connectivity index is 1.59. The van der Waals surface area contributed by atoms with Crippen LogP contribution in [0.25, 0.3) is 0 Å². The smallest absolute Gasteiger partial charge is 0.414 e. The van der Waals surface area contributed by atoms with E-state index in [0.29, 0.717) is 12.8 Å². The van der Waals surface area contributed by atoms with Gasteiger partial charge in [-0.25, -0.2) is 9.59 Å². The Hall–Kier alpha value is -4.29. The number of amides is 4. The number of likely N-dealkylation sites (tertiary alicyclic amines) is 1. The number of nitrogens with one attached hydrogen (secondary N) is 2. The highest BCUT2D eigenvalue weighted by atomic mass is 16.6. The van der Waals surface area contributed by atoms with E-state index in [0.717, 1.165) is 11.1 Å². The molecule has 1 aliphatic rings. The zero-order valence-corrected chi connectivity index (χ0v) is 25.4. The molecule has 1 fully saturated rings. The number of alkyl carbamates (subject to hydrolysis) is 1. The SMILES string of the molecule is CC(C)(C)OC(=O)[C@@H]1CCCN1C(=O)C(O)C(Cc1ccccc1)NC(=O)[C@@H](N)CCC(=O)NC(=O)OCc1ccccc1. The van der Waals surface area contributed by atoms with Crippen LogP contribution < -0.4 is 16.4 Å². The van der Waals surface area contributed by atoms with Gasteiger partial charge in [-0.15, -0.1) is 0 Å². The lowest BCUT2D eigenvalue weighted by molar-refractivity contribution is -0.165. The monoisotopic (exact) mass is 610 g/mol. The number of carbonyl (C=O) groups excluding carboxylic acids is 5. The van der Waals surface area contributed by atoms with Crippen molar-refractivity contribution < 1.29 is 38.6 Å². The summed E-state index contributed by atoms with van der Waals surface area (Å²) in [7, 11) is 0. The van der Waals surface area contributed by atoms with Crippen LogP contribution in [0.5, 0.6) is 0 Å². The van der Waals surface area contributed by atoms with Gasteiger partial charge in [0.15, 0.2) is 6.10 Å². The predicted molar refractivity (Wildman–Crippen MR) is 161 cm³/mol. The van der Waals surface area contributed by atoms with Gasteiger partial charge in [-0.05, 0) is 57.6 Å². The number of hydrogen-bond acceptors (Lipinski definition) is 9. The molecule has 0 spiro atoms. The molecule has 0 aromatic heterocycles. The number of benzene rings is 2. The Bertz CT molecular complexity index is 1280. The molecule has 44 heavy (non-hydrogen) atoms. The maximum atomic E-state index is 13.5. The Kier molecular flexibility index (Phi) is 12.4. The number of ether oxygens (including phenoxy) is 2. The van der Waals surface area contributed by atoms with Crippen LogP contribution in [0.4, 0.5) is 4.79 Å². The zero-order chi connectivity index (χ0) is 32.3. The third kappa shape index (κ3) is 10.8. The lowest BCUT2D eigenvalue weighted by Crippen LogP contribution is -2.57. The second kappa shape index (κ2) is 16.0. The van der Waals surface area contributed by atoms with Crippen molar-refractivity contribution in [2.24, 2.45) is 5.73 Å². The molecule has 3 rings (SSSR count). The third-order valence-electron chi connectivity index (χ3n) is 6.95. The number of aliphatic hydroxyl groups is 1. The summed E-state index contributed by atoms with van der Waals surface area (Å²) in [4.78, 5) is 64.8. The molecule has 2 unspecified atom stereocenters. The minimum absolute atomic E-state index is 0.0122. The van der Waals surface area contributed by atoms with Crippen molar-refractivity contribution in [1.82, 2.24) is 15.5 Å². The Morgan fingerprint density at radius 3 is 2.23 bits per heavy atom. The Morgan fingerprint density at radius 1 is 1.00 bits per heavy atom. The van der Waals surface area contributed by atoms with Gasteiger partial charge in [-0.3, -0.25) is 19.7 Å². The Morgan fingerprint density at radius 2 is 1.61 bits per heavy atom. The normalized spacial score (nSPS) is 16.8. The number of imide groups is 1. The average molecular weight is 611 g/mol. The summed E-state index contributed by atoms with van der Waals surface area (Å²) in [6.45, 7) is 5.44. The van der Waals surface area contributed by atoms with Gasteiger partial charge in [-0.1, -0.05) is 60.7 Å². The van der Waals surface area contributed by atoms with E-state index in [9.17, 15) is 29.1 Å². The number of aliphatic hydroxyl groups excluding tert-OH is 1. The molecule has 5 N–H and O–H groups in total. The van der Waals surface area contributed by atoms with E-state index in [1.54, 1.807) is 69.3 Å². The highest BCUT2D eigenvalue weighted by molar-refractivity contribution is 5.92. The minimum Gasteiger partial charge on any atom is -0.458 e. The van der Waals surface area contributed by atoms with Crippen molar-refractivity contribution in [3.63, 3.8) is 0 Å². The van der Waals surface area contributed by atoms with E-state index in [1.165, 1.54) is 4.90 Å². The molecule has 1 heterocycles. The molecule has 4 atom stereocenters. The van der Waals surface area contributed by atoms with Crippen molar-refractivity contribution in [3.05, 3.63) is 71.8 Å². The molecule has 0 bridgehead atoms. The van der Waals surface area contributed by atoms with Crippen LogP contribution in [-0.2, 0) is 41.7 Å². The largest absolute Gasteiger partial charge is 0.458 e. The van der Waals surface area contributed by atoms with Crippen LogP contribution in [0.3, 0.4) is 0 Å². The van der Waals surface area contributed by atoms with Crippen molar-refractivity contribution in [2.75, 3.05) is 6.54 Å². The molecule has 12 heteroatoms. The summed E-state index contributed by atoms with van der Waals surface area (Å²) in [5, 5.41) is 15.9. The van der Waals surface area contributed by atoms with Crippen LogP contribution in [0.15, 0.2) is 60.7 Å². The molecule has 12 nitrogen and oxygen atoms in total. The molecule has 4 amide bonds. The number of esters is 1. The first-order valence-electron chi connectivity index (χ1n) is 14.7. The summed E-state index contributed by atoms with van der Waals surface area (Å²) in [5.41, 5.74) is 6.80. The second-order valence-electron chi connectivity index (χ2n) is 11.7. The maximum Gasteiger partial charge on any atom is 0.414 e. The average Bonchev–Trinajstić information content (AvgIpc) is 3.48. The summed E-state index contributed by atoms with van der Waals surface area (Å²) < 4.78 is 10.5. The summed E-state index contributed by atoms with van der Waals surface area (Å²) in [6.07, 6.45) is -1.90. The molecule has 2 aromatic rings. The fourth-order valence-corrected chi connectivity index (χ4v) is 4.74. The highest BCUT2D eigenvalue weighted by Crippen LogP contribution is 2.23. The topological polar surface area (TPSA) is 177 Å². The van der Waals surface area contributed by atoms with E-state index in [4.69, 9.17) is 15.2 Å². The number of hydrogen-bond donors (Lipinski definition) is 4. The van der Waals surface area contributed by atoms with Crippen LogP contribution in [0.1, 0.15) is 57.6 Å². The fraction of sp³-hybridized carbons (Fsp3) is 0.469. The Labute approximate surface area is 257 Å². The van der Waals surface area contributed by atoms with Crippen molar-refractivity contribution >= 4 is 29.8 Å².